The average molecular weight is 530 g/mol. The Morgan fingerprint density at radius 1 is 1.00 bits per heavy atom. The fraction of sp³-hybridized carbons (Fsp3) is 0.346. The summed E-state index contributed by atoms with van der Waals surface area (Å²) in [6.45, 7) is 0. The van der Waals surface area contributed by atoms with Crippen LogP contribution in [0.4, 0.5) is 10.3 Å². The van der Waals surface area contributed by atoms with E-state index in [-0.39, 0.29) is 10.6 Å². The number of rotatable bonds is 8. The molecule has 1 aliphatic rings. The second-order valence-corrected chi connectivity index (χ2v) is 11.5. The van der Waals surface area contributed by atoms with E-state index in [0.717, 1.165) is 30.0 Å². The molecule has 0 atom stereocenters. The maximum absolute atomic E-state index is 13.7. The molecule has 1 N–H and O–H groups in total. The third kappa shape index (κ3) is 6.66. The predicted octanol–water partition coefficient (Wildman–Crippen LogP) is 5.09. The maximum atomic E-state index is 13.7. The quantitative estimate of drug-likeness (QED) is 0.434. The molecule has 0 bridgehead atoms. The van der Waals surface area contributed by atoms with Gasteiger partial charge in [0.2, 0.25) is 5.95 Å². The maximum Gasteiger partial charge on any atom is 0.222 e. The standard InChI is InChI=1S/C26H29ClFN5O2S/c1-33(2)22-12-10-20(11-13-22)32-26-30-15-19(16-31-26)7-6-18-8-9-21(29-14-18)17-36(34,35)24-5-3-4-23(28)25(24)27/h3-9,14-16,20,22H,10-13,17H2,1-2H3,(H,30,31,32)/b7-6+. The van der Waals surface area contributed by atoms with Gasteiger partial charge in [-0.3, -0.25) is 4.98 Å². The Morgan fingerprint density at radius 2 is 1.67 bits per heavy atom. The highest BCUT2D eigenvalue weighted by atomic mass is 35.5. The number of anilines is 1. The summed E-state index contributed by atoms with van der Waals surface area (Å²) < 4.78 is 38.9. The molecule has 36 heavy (non-hydrogen) atoms. The predicted molar refractivity (Wildman–Crippen MR) is 141 cm³/mol. The van der Waals surface area contributed by atoms with Gasteiger partial charge >= 0.3 is 0 Å². The number of pyridine rings is 1. The summed E-state index contributed by atoms with van der Waals surface area (Å²) >= 11 is 5.84. The molecule has 0 saturated heterocycles. The first-order valence-corrected chi connectivity index (χ1v) is 13.8. The number of sulfone groups is 1. The van der Waals surface area contributed by atoms with Crippen LogP contribution in [0.25, 0.3) is 12.2 Å². The van der Waals surface area contributed by atoms with Gasteiger partial charge in [0.05, 0.1) is 21.4 Å². The smallest absolute Gasteiger partial charge is 0.222 e. The Morgan fingerprint density at radius 3 is 2.31 bits per heavy atom. The zero-order valence-electron chi connectivity index (χ0n) is 20.2. The summed E-state index contributed by atoms with van der Waals surface area (Å²) in [5, 5.41) is 3.03. The number of nitrogens with one attached hydrogen (secondary N) is 1. The summed E-state index contributed by atoms with van der Waals surface area (Å²) in [4.78, 5) is 15.2. The molecule has 7 nitrogen and oxygen atoms in total. The SMILES string of the molecule is CN(C)C1CCC(Nc2ncc(/C=C/c3ccc(CS(=O)(=O)c4cccc(F)c4Cl)nc3)cn2)CC1. The largest absolute Gasteiger partial charge is 0.351 e. The van der Waals surface area contributed by atoms with Crippen LogP contribution < -0.4 is 5.32 Å². The first kappa shape index (κ1) is 26.2. The Hall–Kier alpha value is -2.88. The van der Waals surface area contributed by atoms with Gasteiger partial charge in [0.15, 0.2) is 9.84 Å². The Balaban J connectivity index is 1.33. The molecule has 0 radical (unpaired) electrons. The van der Waals surface area contributed by atoms with Gasteiger partial charge in [0, 0.05) is 36.2 Å². The minimum absolute atomic E-state index is 0.242. The molecule has 10 heteroatoms. The van der Waals surface area contributed by atoms with Gasteiger partial charge in [-0.25, -0.2) is 22.8 Å². The third-order valence-corrected chi connectivity index (χ3v) is 8.52. The lowest BCUT2D eigenvalue weighted by Crippen LogP contribution is -2.36. The summed E-state index contributed by atoms with van der Waals surface area (Å²) in [7, 11) is 0.433. The van der Waals surface area contributed by atoms with Crippen LogP contribution in [0, 0.1) is 5.82 Å². The highest BCUT2D eigenvalue weighted by Gasteiger charge is 2.23. The summed E-state index contributed by atoms with van der Waals surface area (Å²) in [6, 6.07) is 8.16. The van der Waals surface area contributed by atoms with E-state index in [9.17, 15) is 12.8 Å². The van der Waals surface area contributed by atoms with Crippen LogP contribution in [0.15, 0.2) is 53.8 Å². The van der Waals surface area contributed by atoms with Crippen LogP contribution in [-0.2, 0) is 15.6 Å². The molecule has 1 saturated carbocycles. The van der Waals surface area contributed by atoms with E-state index < -0.39 is 20.7 Å². The van der Waals surface area contributed by atoms with Crippen LogP contribution in [0.1, 0.15) is 42.5 Å². The van der Waals surface area contributed by atoms with Crippen LogP contribution >= 0.6 is 11.6 Å². The second kappa shape index (κ2) is 11.5. The van der Waals surface area contributed by atoms with E-state index in [1.165, 1.54) is 25.0 Å². The van der Waals surface area contributed by atoms with E-state index in [4.69, 9.17) is 11.6 Å². The highest BCUT2D eigenvalue weighted by Crippen LogP contribution is 2.27. The summed E-state index contributed by atoms with van der Waals surface area (Å²) in [6.07, 6.45) is 13.4. The molecule has 0 unspecified atom stereocenters. The average Bonchev–Trinajstić information content (AvgIpc) is 2.86. The number of benzene rings is 1. The molecule has 0 amide bonds. The van der Waals surface area contributed by atoms with Crippen LogP contribution in [0.2, 0.25) is 5.02 Å². The van der Waals surface area contributed by atoms with E-state index in [1.54, 1.807) is 30.7 Å². The lowest BCUT2D eigenvalue weighted by atomic mass is 9.91. The zero-order chi connectivity index (χ0) is 25.7. The zero-order valence-corrected chi connectivity index (χ0v) is 21.8. The Bertz CT molecular complexity index is 1310. The molecular weight excluding hydrogens is 501 g/mol. The highest BCUT2D eigenvalue weighted by molar-refractivity contribution is 7.90. The van der Waals surface area contributed by atoms with Crippen LogP contribution in [0.3, 0.4) is 0 Å². The van der Waals surface area contributed by atoms with Crippen molar-refractivity contribution >= 4 is 39.5 Å². The number of halogens is 2. The molecule has 0 aliphatic heterocycles. The van der Waals surface area contributed by atoms with Crippen molar-refractivity contribution < 1.29 is 12.8 Å². The molecule has 1 aromatic carbocycles. The van der Waals surface area contributed by atoms with Crippen molar-refractivity contribution in [3.8, 4) is 0 Å². The fourth-order valence-corrected chi connectivity index (χ4v) is 6.08. The van der Waals surface area contributed by atoms with Gasteiger partial charge < -0.3 is 10.2 Å². The lowest BCUT2D eigenvalue weighted by Gasteiger charge is -2.32. The number of aromatic nitrogens is 3. The van der Waals surface area contributed by atoms with Crippen molar-refractivity contribution in [2.45, 2.75) is 48.4 Å². The van der Waals surface area contributed by atoms with Crippen molar-refractivity contribution in [3.63, 3.8) is 0 Å². The van der Waals surface area contributed by atoms with Crippen LogP contribution in [-0.4, -0.2) is 54.4 Å². The van der Waals surface area contributed by atoms with Crippen molar-refractivity contribution in [2.75, 3.05) is 19.4 Å². The molecule has 1 fully saturated rings. The number of hydrogen-bond acceptors (Lipinski definition) is 7. The van der Waals surface area contributed by atoms with Gasteiger partial charge in [-0.1, -0.05) is 35.9 Å². The third-order valence-electron chi connectivity index (χ3n) is 6.34. The van der Waals surface area contributed by atoms with E-state index in [1.807, 2.05) is 12.2 Å². The second-order valence-electron chi connectivity index (χ2n) is 9.18. The minimum Gasteiger partial charge on any atom is -0.351 e. The number of hydrogen-bond donors (Lipinski definition) is 1. The molecule has 1 aliphatic carbocycles. The van der Waals surface area contributed by atoms with Crippen LogP contribution in [0.5, 0.6) is 0 Å². The van der Waals surface area contributed by atoms with Gasteiger partial charge in [-0.15, -0.1) is 0 Å². The van der Waals surface area contributed by atoms with Gasteiger partial charge in [0.1, 0.15) is 5.82 Å². The summed E-state index contributed by atoms with van der Waals surface area (Å²) in [5.41, 5.74) is 1.97. The van der Waals surface area contributed by atoms with Gasteiger partial charge in [-0.2, -0.15) is 0 Å². The molecule has 0 spiro atoms. The van der Waals surface area contributed by atoms with Crippen molar-refractivity contribution in [1.82, 2.24) is 19.9 Å². The van der Waals surface area contributed by atoms with Gasteiger partial charge in [-0.05, 0) is 63.5 Å². The normalized spacial score (nSPS) is 18.6. The fourth-order valence-electron chi connectivity index (χ4n) is 4.23. The first-order valence-electron chi connectivity index (χ1n) is 11.8. The molecule has 4 rings (SSSR count). The van der Waals surface area contributed by atoms with Gasteiger partial charge in [0.25, 0.3) is 0 Å². The van der Waals surface area contributed by atoms with E-state index in [0.29, 0.717) is 23.7 Å². The topological polar surface area (TPSA) is 88.1 Å². The van der Waals surface area contributed by atoms with E-state index >= 15 is 0 Å². The lowest BCUT2D eigenvalue weighted by molar-refractivity contribution is 0.221. The molecule has 190 valence electrons. The summed E-state index contributed by atoms with van der Waals surface area (Å²) in [5.74, 6) is -0.517. The van der Waals surface area contributed by atoms with Crippen molar-refractivity contribution in [1.29, 1.82) is 0 Å². The van der Waals surface area contributed by atoms with Crippen molar-refractivity contribution in [2.24, 2.45) is 0 Å². The monoisotopic (exact) mass is 529 g/mol. The Kier molecular flexibility index (Phi) is 8.33. The molecular formula is C26H29ClFN5O2S. The van der Waals surface area contributed by atoms with E-state index in [2.05, 4.69) is 39.3 Å². The molecule has 2 heterocycles. The minimum atomic E-state index is -3.83. The first-order chi connectivity index (χ1) is 17.2. The molecule has 3 aromatic rings. The molecule has 2 aromatic heterocycles. The number of nitrogens with zero attached hydrogens (tertiary/aromatic N) is 4. The van der Waals surface area contributed by atoms with Crippen molar-refractivity contribution in [3.05, 3.63) is 76.6 Å². The Labute approximate surface area is 216 Å².